The molecule has 18 heavy (non-hydrogen) atoms. The van der Waals surface area contributed by atoms with Gasteiger partial charge in [0, 0.05) is 13.7 Å². The second kappa shape index (κ2) is 14.8. The van der Waals surface area contributed by atoms with Crippen molar-refractivity contribution in [1.29, 1.82) is 0 Å². The SMILES string of the molecule is CCNCC(O)COCCOCCOCCOC. The van der Waals surface area contributed by atoms with Gasteiger partial charge < -0.3 is 29.4 Å². The van der Waals surface area contributed by atoms with Crippen molar-refractivity contribution in [3.8, 4) is 0 Å². The number of ether oxygens (including phenoxy) is 4. The van der Waals surface area contributed by atoms with E-state index in [0.717, 1.165) is 6.54 Å². The fourth-order valence-electron chi connectivity index (χ4n) is 1.17. The van der Waals surface area contributed by atoms with Crippen LogP contribution in [-0.2, 0) is 18.9 Å². The Hall–Kier alpha value is -0.240. The van der Waals surface area contributed by atoms with Crippen LogP contribution < -0.4 is 5.32 Å². The Kier molecular flexibility index (Phi) is 14.6. The Bertz CT molecular complexity index is 159. The second-order valence-electron chi connectivity index (χ2n) is 3.75. The van der Waals surface area contributed by atoms with Crippen LogP contribution in [0.5, 0.6) is 0 Å². The van der Waals surface area contributed by atoms with E-state index in [2.05, 4.69) is 5.32 Å². The van der Waals surface area contributed by atoms with E-state index in [-0.39, 0.29) is 0 Å². The number of aliphatic hydroxyl groups excluding tert-OH is 1. The van der Waals surface area contributed by atoms with Crippen LogP contribution >= 0.6 is 0 Å². The van der Waals surface area contributed by atoms with Crippen molar-refractivity contribution in [3.63, 3.8) is 0 Å². The highest BCUT2D eigenvalue weighted by atomic mass is 16.6. The lowest BCUT2D eigenvalue weighted by molar-refractivity contribution is -0.0138. The number of rotatable bonds is 14. The molecule has 6 heteroatoms. The molecule has 110 valence electrons. The van der Waals surface area contributed by atoms with Crippen LogP contribution in [0.15, 0.2) is 0 Å². The molecule has 1 atom stereocenters. The fourth-order valence-corrected chi connectivity index (χ4v) is 1.17. The molecule has 0 aromatic rings. The van der Waals surface area contributed by atoms with Crippen molar-refractivity contribution in [2.45, 2.75) is 13.0 Å². The molecule has 0 aliphatic carbocycles. The monoisotopic (exact) mass is 265 g/mol. The standard InChI is InChI=1S/C12H27NO5/c1-3-13-10-12(14)11-18-9-8-17-7-6-16-5-4-15-2/h12-14H,3-11H2,1-2H3. The van der Waals surface area contributed by atoms with Crippen LogP contribution in [0.3, 0.4) is 0 Å². The maximum atomic E-state index is 9.44. The van der Waals surface area contributed by atoms with Crippen LogP contribution in [0.1, 0.15) is 6.92 Å². The van der Waals surface area contributed by atoms with Gasteiger partial charge in [-0.3, -0.25) is 0 Å². The molecule has 0 aromatic heterocycles. The maximum Gasteiger partial charge on any atom is 0.0897 e. The molecule has 0 saturated heterocycles. The summed E-state index contributed by atoms with van der Waals surface area (Å²) in [6.07, 6.45) is -0.456. The molecule has 0 spiro atoms. The first-order valence-electron chi connectivity index (χ1n) is 6.42. The summed E-state index contributed by atoms with van der Waals surface area (Å²) in [7, 11) is 1.64. The minimum absolute atomic E-state index is 0.334. The Morgan fingerprint density at radius 2 is 1.50 bits per heavy atom. The third-order valence-electron chi connectivity index (χ3n) is 2.12. The number of aliphatic hydroxyl groups is 1. The summed E-state index contributed by atoms with van der Waals surface area (Å²) in [6, 6.07) is 0. The van der Waals surface area contributed by atoms with Gasteiger partial charge in [-0.2, -0.15) is 0 Å². The molecule has 0 bridgehead atoms. The topological polar surface area (TPSA) is 69.2 Å². The molecular formula is C12H27NO5. The van der Waals surface area contributed by atoms with E-state index >= 15 is 0 Å². The zero-order chi connectivity index (χ0) is 13.5. The van der Waals surface area contributed by atoms with Gasteiger partial charge in [-0.25, -0.2) is 0 Å². The molecule has 0 heterocycles. The number of hydrogen-bond acceptors (Lipinski definition) is 6. The quantitative estimate of drug-likeness (QED) is 0.419. The molecule has 0 aliphatic heterocycles. The number of likely N-dealkylation sites (N-methyl/N-ethyl adjacent to an activating group) is 1. The summed E-state index contributed by atoms with van der Waals surface area (Å²) in [5.41, 5.74) is 0. The number of nitrogens with one attached hydrogen (secondary N) is 1. The van der Waals surface area contributed by atoms with Crippen LogP contribution in [0.4, 0.5) is 0 Å². The van der Waals surface area contributed by atoms with E-state index in [1.54, 1.807) is 7.11 Å². The highest BCUT2D eigenvalue weighted by molar-refractivity contribution is 4.56. The summed E-state index contributed by atoms with van der Waals surface area (Å²) in [5, 5.41) is 12.5. The number of methoxy groups -OCH3 is 1. The van der Waals surface area contributed by atoms with Gasteiger partial charge in [-0.05, 0) is 6.54 Å². The first-order valence-corrected chi connectivity index (χ1v) is 6.42. The van der Waals surface area contributed by atoms with Gasteiger partial charge in [0.2, 0.25) is 0 Å². The Balaban J connectivity index is 3.02. The average molecular weight is 265 g/mol. The second-order valence-corrected chi connectivity index (χ2v) is 3.75. The van der Waals surface area contributed by atoms with Crippen molar-refractivity contribution in [3.05, 3.63) is 0 Å². The highest BCUT2D eigenvalue weighted by Crippen LogP contribution is 1.85. The van der Waals surface area contributed by atoms with Gasteiger partial charge in [0.05, 0.1) is 52.4 Å². The summed E-state index contributed by atoms with van der Waals surface area (Å²) < 4.78 is 20.6. The molecule has 0 radical (unpaired) electrons. The molecule has 6 nitrogen and oxygen atoms in total. The van der Waals surface area contributed by atoms with E-state index in [0.29, 0.717) is 52.8 Å². The van der Waals surface area contributed by atoms with Gasteiger partial charge in [0.1, 0.15) is 0 Å². The Morgan fingerprint density at radius 1 is 0.944 bits per heavy atom. The molecular weight excluding hydrogens is 238 g/mol. The Morgan fingerprint density at radius 3 is 2.06 bits per heavy atom. The summed E-state index contributed by atoms with van der Waals surface area (Å²) in [4.78, 5) is 0. The first kappa shape index (κ1) is 17.8. The largest absolute Gasteiger partial charge is 0.389 e. The van der Waals surface area contributed by atoms with Gasteiger partial charge >= 0.3 is 0 Å². The van der Waals surface area contributed by atoms with Gasteiger partial charge in [-0.1, -0.05) is 6.92 Å². The summed E-state index contributed by atoms with van der Waals surface area (Å²) >= 11 is 0. The zero-order valence-corrected chi connectivity index (χ0v) is 11.5. The van der Waals surface area contributed by atoms with Crippen molar-refractivity contribution in [2.75, 3.05) is 66.4 Å². The Labute approximate surface area is 110 Å². The van der Waals surface area contributed by atoms with E-state index in [1.165, 1.54) is 0 Å². The molecule has 2 N–H and O–H groups in total. The van der Waals surface area contributed by atoms with Crippen LogP contribution in [0, 0.1) is 0 Å². The lowest BCUT2D eigenvalue weighted by atomic mass is 10.4. The van der Waals surface area contributed by atoms with Gasteiger partial charge in [0.15, 0.2) is 0 Å². The molecule has 0 saturated carbocycles. The van der Waals surface area contributed by atoms with Crippen molar-refractivity contribution in [2.24, 2.45) is 0 Å². The average Bonchev–Trinajstić information content (AvgIpc) is 2.38. The first-order chi connectivity index (χ1) is 8.81. The zero-order valence-electron chi connectivity index (χ0n) is 11.5. The minimum Gasteiger partial charge on any atom is -0.389 e. The normalized spacial score (nSPS) is 12.8. The van der Waals surface area contributed by atoms with E-state index in [4.69, 9.17) is 18.9 Å². The maximum absolute atomic E-state index is 9.44. The molecule has 0 rings (SSSR count). The molecule has 0 aliphatic rings. The van der Waals surface area contributed by atoms with Gasteiger partial charge in [-0.15, -0.1) is 0 Å². The van der Waals surface area contributed by atoms with Crippen molar-refractivity contribution in [1.82, 2.24) is 5.32 Å². The van der Waals surface area contributed by atoms with E-state index < -0.39 is 6.10 Å². The predicted octanol–water partition coefficient (Wildman–Crippen LogP) is -0.347. The predicted molar refractivity (Wildman–Crippen MR) is 68.9 cm³/mol. The summed E-state index contributed by atoms with van der Waals surface area (Å²) in [6.45, 7) is 7.05. The lowest BCUT2D eigenvalue weighted by Gasteiger charge is -2.11. The van der Waals surface area contributed by atoms with E-state index in [9.17, 15) is 5.11 Å². The molecule has 0 amide bonds. The van der Waals surface area contributed by atoms with E-state index in [1.807, 2.05) is 6.92 Å². The van der Waals surface area contributed by atoms with Crippen LogP contribution in [0.2, 0.25) is 0 Å². The van der Waals surface area contributed by atoms with Crippen molar-refractivity contribution < 1.29 is 24.1 Å². The molecule has 0 aromatic carbocycles. The third kappa shape index (κ3) is 13.8. The molecule has 0 fully saturated rings. The minimum atomic E-state index is -0.456. The van der Waals surface area contributed by atoms with Crippen LogP contribution in [-0.4, -0.2) is 77.7 Å². The molecule has 1 unspecified atom stereocenters. The van der Waals surface area contributed by atoms with Crippen LogP contribution in [0.25, 0.3) is 0 Å². The number of hydrogen-bond donors (Lipinski definition) is 2. The van der Waals surface area contributed by atoms with Gasteiger partial charge in [0.25, 0.3) is 0 Å². The lowest BCUT2D eigenvalue weighted by Crippen LogP contribution is -2.30. The third-order valence-corrected chi connectivity index (χ3v) is 2.12. The van der Waals surface area contributed by atoms with Crippen molar-refractivity contribution >= 4 is 0 Å². The summed E-state index contributed by atoms with van der Waals surface area (Å²) in [5.74, 6) is 0. The smallest absolute Gasteiger partial charge is 0.0897 e. The fraction of sp³-hybridized carbons (Fsp3) is 1.00. The highest BCUT2D eigenvalue weighted by Gasteiger charge is 2.02.